The van der Waals surface area contributed by atoms with Crippen LogP contribution < -0.4 is 11.1 Å². The highest BCUT2D eigenvalue weighted by Crippen LogP contribution is 2.05. The Labute approximate surface area is 90.7 Å². The summed E-state index contributed by atoms with van der Waals surface area (Å²) in [5, 5.41) is 2.88. The van der Waals surface area contributed by atoms with Gasteiger partial charge in [-0.2, -0.15) is 0 Å². The van der Waals surface area contributed by atoms with Crippen molar-refractivity contribution in [2.24, 2.45) is 5.92 Å². The van der Waals surface area contributed by atoms with Crippen LogP contribution in [-0.4, -0.2) is 12.5 Å². The summed E-state index contributed by atoms with van der Waals surface area (Å²) >= 11 is 0. The summed E-state index contributed by atoms with van der Waals surface area (Å²) in [5.74, 6) is 0.550. The number of anilines is 1. The Kier molecular flexibility index (Phi) is 4.16. The average molecular weight is 206 g/mol. The molecule has 1 amide bonds. The largest absolute Gasteiger partial charge is 0.399 e. The lowest BCUT2D eigenvalue weighted by molar-refractivity contribution is -0.120. The van der Waals surface area contributed by atoms with Gasteiger partial charge in [-0.15, -0.1) is 0 Å². The van der Waals surface area contributed by atoms with Crippen molar-refractivity contribution in [3.8, 4) is 0 Å². The lowest BCUT2D eigenvalue weighted by atomic mass is 10.1. The van der Waals surface area contributed by atoms with Crippen LogP contribution in [0.3, 0.4) is 0 Å². The summed E-state index contributed by atoms with van der Waals surface area (Å²) in [6.45, 7) is 4.88. The number of nitrogen functional groups attached to an aromatic ring is 1. The summed E-state index contributed by atoms with van der Waals surface area (Å²) in [6, 6.07) is 7.38. The van der Waals surface area contributed by atoms with Crippen LogP contribution >= 0.6 is 0 Å². The Balaban J connectivity index is 2.41. The normalized spacial score (nSPS) is 10.3. The van der Waals surface area contributed by atoms with Crippen molar-refractivity contribution in [2.75, 3.05) is 12.3 Å². The van der Waals surface area contributed by atoms with Crippen molar-refractivity contribution in [1.29, 1.82) is 0 Å². The first-order valence-electron chi connectivity index (χ1n) is 5.19. The maximum atomic E-state index is 11.5. The Bertz CT molecular complexity index is 317. The summed E-state index contributed by atoms with van der Waals surface area (Å²) in [7, 11) is 0. The van der Waals surface area contributed by atoms with Crippen LogP contribution in [0.15, 0.2) is 24.3 Å². The molecule has 0 bridgehead atoms. The molecule has 0 saturated carbocycles. The first-order chi connectivity index (χ1) is 7.08. The van der Waals surface area contributed by atoms with E-state index in [1.807, 2.05) is 24.3 Å². The van der Waals surface area contributed by atoms with Crippen molar-refractivity contribution < 1.29 is 4.79 Å². The van der Waals surface area contributed by atoms with E-state index < -0.39 is 0 Å². The zero-order chi connectivity index (χ0) is 11.3. The van der Waals surface area contributed by atoms with Crippen LogP contribution in [-0.2, 0) is 11.2 Å². The molecule has 0 saturated heterocycles. The van der Waals surface area contributed by atoms with Crippen LogP contribution in [0.4, 0.5) is 5.69 Å². The number of rotatable bonds is 4. The quantitative estimate of drug-likeness (QED) is 0.735. The van der Waals surface area contributed by atoms with Gasteiger partial charge in [0.05, 0.1) is 6.42 Å². The lowest BCUT2D eigenvalue weighted by Crippen LogP contribution is -2.28. The fraction of sp³-hybridized carbons (Fsp3) is 0.417. The van der Waals surface area contributed by atoms with Crippen LogP contribution in [0.5, 0.6) is 0 Å². The summed E-state index contributed by atoms with van der Waals surface area (Å²) < 4.78 is 0. The Morgan fingerprint density at radius 3 is 2.47 bits per heavy atom. The zero-order valence-corrected chi connectivity index (χ0v) is 9.29. The van der Waals surface area contributed by atoms with Gasteiger partial charge < -0.3 is 11.1 Å². The monoisotopic (exact) mass is 206 g/mol. The summed E-state index contributed by atoms with van der Waals surface area (Å²) in [5.41, 5.74) is 7.27. The topological polar surface area (TPSA) is 55.1 Å². The number of hydrogen-bond acceptors (Lipinski definition) is 2. The smallest absolute Gasteiger partial charge is 0.224 e. The molecule has 0 unspecified atom stereocenters. The van der Waals surface area contributed by atoms with Crippen LogP contribution in [0.25, 0.3) is 0 Å². The van der Waals surface area contributed by atoms with E-state index in [1.165, 1.54) is 0 Å². The molecule has 0 spiro atoms. The minimum atomic E-state index is 0.0634. The van der Waals surface area contributed by atoms with E-state index in [2.05, 4.69) is 19.2 Å². The number of nitrogens with two attached hydrogens (primary N) is 1. The highest BCUT2D eigenvalue weighted by molar-refractivity contribution is 5.78. The van der Waals surface area contributed by atoms with Crippen LogP contribution in [0.1, 0.15) is 19.4 Å². The van der Waals surface area contributed by atoms with Gasteiger partial charge in [-0.3, -0.25) is 4.79 Å². The number of benzene rings is 1. The van der Waals surface area contributed by atoms with Gasteiger partial charge in [0.15, 0.2) is 0 Å². The Morgan fingerprint density at radius 2 is 1.93 bits per heavy atom. The van der Waals surface area contributed by atoms with Gasteiger partial charge in [0.1, 0.15) is 0 Å². The van der Waals surface area contributed by atoms with E-state index in [9.17, 15) is 4.79 Å². The Morgan fingerprint density at radius 1 is 1.33 bits per heavy atom. The molecule has 0 aliphatic carbocycles. The number of nitrogens with one attached hydrogen (secondary N) is 1. The molecule has 1 aromatic rings. The third-order valence-corrected chi connectivity index (χ3v) is 2.05. The predicted molar refractivity (Wildman–Crippen MR) is 62.4 cm³/mol. The van der Waals surface area contributed by atoms with Gasteiger partial charge in [-0.05, 0) is 23.6 Å². The molecule has 0 atom stereocenters. The molecule has 0 radical (unpaired) electrons. The van der Waals surface area contributed by atoms with E-state index >= 15 is 0 Å². The second-order valence-electron chi connectivity index (χ2n) is 4.12. The van der Waals surface area contributed by atoms with E-state index in [-0.39, 0.29) is 5.91 Å². The van der Waals surface area contributed by atoms with Crippen molar-refractivity contribution in [3.05, 3.63) is 29.8 Å². The van der Waals surface area contributed by atoms with E-state index in [4.69, 9.17) is 5.73 Å². The third-order valence-electron chi connectivity index (χ3n) is 2.05. The molecular formula is C12H18N2O. The number of amides is 1. The fourth-order valence-corrected chi connectivity index (χ4v) is 1.20. The van der Waals surface area contributed by atoms with Crippen molar-refractivity contribution >= 4 is 11.6 Å². The highest BCUT2D eigenvalue weighted by atomic mass is 16.1. The fourth-order valence-electron chi connectivity index (χ4n) is 1.20. The first kappa shape index (κ1) is 11.6. The Hall–Kier alpha value is -1.51. The number of carbonyl (C=O) groups is 1. The van der Waals surface area contributed by atoms with Gasteiger partial charge >= 0.3 is 0 Å². The maximum absolute atomic E-state index is 11.5. The molecule has 82 valence electrons. The summed E-state index contributed by atoms with van der Waals surface area (Å²) in [6.07, 6.45) is 0.424. The van der Waals surface area contributed by atoms with Crippen LogP contribution in [0.2, 0.25) is 0 Å². The van der Waals surface area contributed by atoms with Crippen molar-refractivity contribution in [3.63, 3.8) is 0 Å². The molecule has 0 aliphatic heterocycles. The maximum Gasteiger partial charge on any atom is 0.224 e. The highest BCUT2D eigenvalue weighted by Gasteiger charge is 2.03. The minimum absolute atomic E-state index is 0.0634. The van der Waals surface area contributed by atoms with E-state index in [0.29, 0.717) is 12.3 Å². The standard InChI is InChI=1S/C12H18N2O/c1-9(2)8-14-12(15)7-10-3-5-11(13)6-4-10/h3-6,9H,7-8,13H2,1-2H3,(H,14,15). The van der Waals surface area contributed by atoms with E-state index in [0.717, 1.165) is 17.8 Å². The number of carbonyl (C=O) groups excluding carboxylic acids is 1. The lowest BCUT2D eigenvalue weighted by Gasteiger charge is -2.07. The van der Waals surface area contributed by atoms with Crippen molar-refractivity contribution in [1.82, 2.24) is 5.32 Å². The SMILES string of the molecule is CC(C)CNC(=O)Cc1ccc(N)cc1. The molecule has 0 heterocycles. The van der Waals surface area contributed by atoms with Gasteiger partial charge in [0.25, 0.3) is 0 Å². The van der Waals surface area contributed by atoms with E-state index in [1.54, 1.807) is 0 Å². The number of hydrogen-bond donors (Lipinski definition) is 2. The second kappa shape index (κ2) is 5.39. The summed E-state index contributed by atoms with van der Waals surface area (Å²) in [4.78, 5) is 11.5. The molecule has 3 N–H and O–H groups in total. The second-order valence-corrected chi connectivity index (χ2v) is 4.12. The predicted octanol–water partition coefficient (Wildman–Crippen LogP) is 1.58. The molecule has 3 heteroatoms. The minimum Gasteiger partial charge on any atom is -0.399 e. The van der Waals surface area contributed by atoms with Gasteiger partial charge in [-0.1, -0.05) is 26.0 Å². The molecule has 3 nitrogen and oxygen atoms in total. The first-order valence-corrected chi connectivity index (χ1v) is 5.19. The van der Waals surface area contributed by atoms with Gasteiger partial charge in [0, 0.05) is 12.2 Å². The molecule has 15 heavy (non-hydrogen) atoms. The van der Waals surface area contributed by atoms with Gasteiger partial charge in [0.2, 0.25) is 5.91 Å². The average Bonchev–Trinajstić information content (AvgIpc) is 2.19. The molecule has 0 fully saturated rings. The van der Waals surface area contributed by atoms with Crippen molar-refractivity contribution in [2.45, 2.75) is 20.3 Å². The van der Waals surface area contributed by atoms with Gasteiger partial charge in [-0.25, -0.2) is 0 Å². The third kappa shape index (κ3) is 4.49. The molecular weight excluding hydrogens is 188 g/mol. The molecule has 0 aromatic heterocycles. The molecule has 1 rings (SSSR count). The molecule has 1 aromatic carbocycles. The van der Waals surface area contributed by atoms with Crippen LogP contribution in [0, 0.1) is 5.92 Å². The molecule has 0 aliphatic rings. The zero-order valence-electron chi connectivity index (χ0n) is 9.29.